The molecule has 5 heteroatoms. The van der Waals surface area contributed by atoms with Crippen LogP contribution >= 0.6 is 0 Å². The standard InChI is InChI=1S/C12H13N5/c1-7-5-15-10(6-14-7)9-4-11(13)17-12(16-9)8-2-3-8/h4-6,8H,2-3H2,1H3,(H2,13,16,17). The van der Waals surface area contributed by atoms with Gasteiger partial charge in [0.25, 0.3) is 0 Å². The van der Waals surface area contributed by atoms with Crippen molar-refractivity contribution in [3.63, 3.8) is 0 Å². The van der Waals surface area contributed by atoms with E-state index in [0.29, 0.717) is 11.7 Å². The molecule has 0 aromatic carbocycles. The average molecular weight is 227 g/mol. The van der Waals surface area contributed by atoms with Gasteiger partial charge < -0.3 is 5.73 Å². The van der Waals surface area contributed by atoms with Gasteiger partial charge in [0.05, 0.1) is 17.6 Å². The summed E-state index contributed by atoms with van der Waals surface area (Å²) in [6.45, 7) is 1.90. The molecule has 1 saturated carbocycles. The molecule has 0 unspecified atom stereocenters. The van der Waals surface area contributed by atoms with Crippen molar-refractivity contribution >= 4 is 5.82 Å². The van der Waals surface area contributed by atoms with Gasteiger partial charge >= 0.3 is 0 Å². The Bertz CT molecular complexity index is 545. The van der Waals surface area contributed by atoms with Gasteiger partial charge in [0.1, 0.15) is 17.3 Å². The Morgan fingerprint density at radius 2 is 1.94 bits per heavy atom. The molecule has 1 aliphatic rings. The fourth-order valence-electron chi connectivity index (χ4n) is 1.67. The first-order valence-corrected chi connectivity index (χ1v) is 5.66. The van der Waals surface area contributed by atoms with Crippen LogP contribution < -0.4 is 5.73 Å². The maximum Gasteiger partial charge on any atom is 0.134 e. The lowest BCUT2D eigenvalue weighted by atomic mass is 10.2. The summed E-state index contributed by atoms with van der Waals surface area (Å²) in [5.41, 5.74) is 8.18. The zero-order valence-electron chi connectivity index (χ0n) is 9.59. The molecule has 0 aliphatic heterocycles. The summed E-state index contributed by atoms with van der Waals surface area (Å²) < 4.78 is 0. The summed E-state index contributed by atoms with van der Waals surface area (Å²) in [5.74, 6) is 1.82. The molecule has 0 saturated heterocycles. The van der Waals surface area contributed by atoms with E-state index in [1.165, 1.54) is 0 Å². The smallest absolute Gasteiger partial charge is 0.134 e. The molecular formula is C12H13N5. The van der Waals surface area contributed by atoms with E-state index in [0.717, 1.165) is 35.7 Å². The normalized spacial score (nSPS) is 14.9. The van der Waals surface area contributed by atoms with Crippen LogP contribution in [0, 0.1) is 6.92 Å². The van der Waals surface area contributed by atoms with Crippen LogP contribution in [0.3, 0.4) is 0 Å². The lowest BCUT2D eigenvalue weighted by molar-refractivity contribution is 0.931. The molecule has 5 nitrogen and oxygen atoms in total. The van der Waals surface area contributed by atoms with Crippen molar-refractivity contribution in [2.75, 3.05) is 5.73 Å². The van der Waals surface area contributed by atoms with E-state index in [2.05, 4.69) is 19.9 Å². The first-order valence-electron chi connectivity index (χ1n) is 5.66. The largest absolute Gasteiger partial charge is 0.384 e. The predicted octanol–water partition coefficient (Wildman–Crippen LogP) is 1.70. The van der Waals surface area contributed by atoms with Crippen LogP contribution in [0.25, 0.3) is 11.4 Å². The zero-order chi connectivity index (χ0) is 11.8. The van der Waals surface area contributed by atoms with Crippen LogP contribution in [-0.2, 0) is 0 Å². The number of hydrogen-bond donors (Lipinski definition) is 1. The summed E-state index contributed by atoms with van der Waals surface area (Å²) >= 11 is 0. The molecule has 1 fully saturated rings. The highest BCUT2D eigenvalue weighted by Crippen LogP contribution is 2.38. The third-order valence-corrected chi connectivity index (χ3v) is 2.75. The Hall–Kier alpha value is -2.04. The minimum Gasteiger partial charge on any atom is -0.384 e. The average Bonchev–Trinajstić information content (AvgIpc) is 3.13. The molecular weight excluding hydrogens is 214 g/mol. The van der Waals surface area contributed by atoms with Gasteiger partial charge in [-0.3, -0.25) is 9.97 Å². The third-order valence-electron chi connectivity index (χ3n) is 2.75. The number of aryl methyl sites for hydroxylation is 1. The van der Waals surface area contributed by atoms with E-state index in [4.69, 9.17) is 5.73 Å². The third kappa shape index (κ3) is 2.08. The first kappa shape index (κ1) is 10.1. The minimum absolute atomic E-state index is 0.482. The van der Waals surface area contributed by atoms with Crippen molar-refractivity contribution < 1.29 is 0 Å². The van der Waals surface area contributed by atoms with E-state index in [-0.39, 0.29) is 0 Å². The van der Waals surface area contributed by atoms with Gasteiger partial charge in [-0.15, -0.1) is 0 Å². The zero-order valence-corrected chi connectivity index (χ0v) is 9.59. The topological polar surface area (TPSA) is 77.6 Å². The molecule has 2 heterocycles. The first-order chi connectivity index (χ1) is 8.22. The fraction of sp³-hybridized carbons (Fsp3) is 0.333. The fourth-order valence-corrected chi connectivity index (χ4v) is 1.67. The molecule has 1 aliphatic carbocycles. The lowest BCUT2D eigenvalue weighted by Gasteiger charge is -2.04. The van der Waals surface area contributed by atoms with Crippen molar-refractivity contribution in [2.45, 2.75) is 25.7 Å². The second-order valence-electron chi connectivity index (χ2n) is 4.35. The molecule has 0 radical (unpaired) electrons. The van der Waals surface area contributed by atoms with Crippen LogP contribution in [0.4, 0.5) is 5.82 Å². The molecule has 2 aromatic heterocycles. The maximum absolute atomic E-state index is 5.79. The number of nitrogen functional groups attached to an aromatic ring is 1. The molecule has 17 heavy (non-hydrogen) atoms. The van der Waals surface area contributed by atoms with Crippen molar-refractivity contribution in [1.29, 1.82) is 0 Å². The Morgan fingerprint density at radius 3 is 2.59 bits per heavy atom. The lowest BCUT2D eigenvalue weighted by Crippen LogP contribution is -2.01. The van der Waals surface area contributed by atoms with Crippen LogP contribution in [0.1, 0.15) is 30.3 Å². The highest BCUT2D eigenvalue weighted by molar-refractivity contribution is 5.56. The highest BCUT2D eigenvalue weighted by atomic mass is 15.0. The maximum atomic E-state index is 5.79. The van der Waals surface area contributed by atoms with Crippen molar-refractivity contribution in [3.05, 3.63) is 30.0 Å². The summed E-state index contributed by atoms with van der Waals surface area (Å²) in [4.78, 5) is 17.3. The van der Waals surface area contributed by atoms with Crippen molar-refractivity contribution in [1.82, 2.24) is 19.9 Å². The van der Waals surface area contributed by atoms with Gasteiger partial charge in [0, 0.05) is 18.2 Å². The number of aromatic nitrogens is 4. The number of hydrogen-bond acceptors (Lipinski definition) is 5. The summed E-state index contributed by atoms with van der Waals surface area (Å²) in [5, 5.41) is 0. The van der Waals surface area contributed by atoms with E-state index >= 15 is 0 Å². The van der Waals surface area contributed by atoms with Gasteiger partial charge in [0.2, 0.25) is 0 Å². The van der Waals surface area contributed by atoms with E-state index < -0.39 is 0 Å². The quantitative estimate of drug-likeness (QED) is 0.844. The number of anilines is 1. The van der Waals surface area contributed by atoms with Crippen LogP contribution in [0.2, 0.25) is 0 Å². The van der Waals surface area contributed by atoms with Crippen LogP contribution in [-0.4, -0.2) is 19.9 Å². The second-order valence-corrected chi connectivity index (χ2v) is 4.35. The molecule has 3 rings (SSSR count). The Morgan fingerprint density at radius 1 is 1.12 bits per heavy atom. The highest BCUT2D eigenvalue weighted by Gasteiger charge is 2.27. The summed E-state index contributed by atoms with van der Waals surface area (Å²) in [7, 11) is 0. The van der Waals surface area contributed by atoms with E-state index in [9.17, 15) is 0 Å². The van der Waals surface area contributed by atoms with E-state index in [1.54, 1.807) is 18.5 Å². The number of nitrogens with zero attached hydrogens (tertiary/aromatic N) is 4. The number of rotatable bonds is 2. The van der Waals surface area contributed by atoms with Gasteiger partial charge in [0.15, 0.2) is 0 Å². The minimum atomic E-state index is 0.482. The molecule has 2 aromatic rings. The predicted molar refractivity (Wildman–Crippen MR) is 64.2 cm³/mol. The van der Waals surface area contributed by atoms with E-state index in [1.807, 2.05) is 6.92 Å². The SMILES string of the molecule is Cc1cnc(-c2cc(N)nc(C3CC3)n2)cn1. The Labute approximate surface area is 99.2 Å². The molecule has 86 valence electrons. The van der Waals surface area contributed by atoms with Crippen molar-refractivity contribution in [2.24, 2.45) is 0 Å². The molecule has 0 spiro atoms. The van der Waals surface area contributed by atoms with Crippen molar-refractivity contribution in [3.8, 4) is 11.4 Å². The Kier molecular flexibility index (Phi) is 2.24. The van der Waals surface area contributed by atoms with Gasteiger partial charge in [-0.05, 0) is 19.8 Å². The monoisotopic (exact) mass is 227 g/mol. The Balaban J connectivity index is 2.04. The molecule has 0 bridgehead atoms. The second kappa shape index (κ2) is 3.76. The number of nitrogens with two attached hydrogens (primary N) is 1. The molecule has 0 amide bonds. The molecule has 2 N–H and O–H groups in total. The van der Waals surface area contributed by atoms with Gasteiger partial charge in [-0.1, -0.05) is 0 Å². The van der Waals surface area contributed by atoms with Crippen LogP contribution in [0.15, 0.2) is 18.5 Å². The van der Waals surface area contributed by atoms with Gasteiger partial charge in [-0.25, -0.2) is 9.97 Å². The summed E-state index contributed by atoms with van der Waals surface area (Å²) in [6, 6.07) is 1.74. The summed E-state index contributed by atoms with van der Waals surface area (Å²) in [6.07, 6.45) is 5.75. The molecule has 0 atom stereocenters. The van der Waals surface area contributed by atoms with Crippen LogP contribution in [0.5, 0.6) is 0 Å². The van der Waals surface area contributed by atoms with Gasteiger partial charge in [-0.2, -0.15) is 0 Å².